The third kappa shape index (κ3) is 3.09. The van der Waals surface area contributed by atoms with Crippen molar-refractivity contribution in [1.29, 1.82) is 0 Å². The molecular weight excluding hydrogens is 244 g/mol. The molecule has 100 valence electrons. The van der Waals surface area contributed by atoms with Gasteiger partial charge in [0.05, 0.1) is 16.8 Å². The zero-order valence-electron chi connectivity index (χ0n) is 10.9. The maximum Gasteiger partial charge on any atom is 0.269 e. The second-order valence-electron chi connectivity index (χ2n) is 4.30. The Morgan fingerprint density at radius 2 is 2.32 bits per heavy atom. The Morgan fingerprint density at radius 3 is 2.95 bits per heavy atom. The van der Waals surface area contributed by atoms with E-state index in [0.29, 0.717) is 0 Å². The van der Waals surface area contributed by atoms with E-state index in [2.05, 4.69) is 10.4 Å². The number of non-ortho nitro benzene ring substituents is 1. The third-order valence-corrected chi connectivity index (χ3v) is 2.92. The molecule has 1 aromatic carbocycles. The predicted molar refractivity (Wildman–Crippen MR) is 73.0 cm³/mol. The molecule has 0 aliphatic rings. The lowest BCUT2D eigenvalue weighted by Gasteiger charge is -2.13. The lowest BCUT2D eigenvalue weighted by Crippen LogP contribution is -2.06. The fourth-order valence-corrected chi connectivity index (χ4v) is 1.85. The fourth-order valence-electron chi connectivity index (χ4n) is 1.85. The molecule has 1 aromatic heterocycles. The molecule has 6 nitrogen and oxygen atoms in total. The number of nitro groups is 1. The van der Waals surface area contributed by atoms with Crippen molar-refractivity contribution in [2.24, 2.45) is 0 Å². The van der Waals surface area contributed by atoms with Gasteiger partial charge in [-0.1, -0.05) is 12.1 Å². The molecule has 1 N–H and O–H groups in total. The van der Waals surface area contributed by atoms with Gasteiger partial charge in [-0.3, -0.25) is 14.8 Å². The first kappa shape index (κ1) is 13.1. The van der Waals surface area contributed by atoms with Gasteiger partial charge in [0, 0.05) is 30.9 Å². The summed E-state index contributed by atoms with van der Waals surface area (Å²) in [5, 5.41) is 18.2. The van der Waals surface area contributed by atoms with Crippen LogP contribution in [0.15, 0.2) is 36.7 Å². The van der Waals surface area contributed by atoms with Gasteiger partial charge >= 0.3 is 0 Å². The molecule has 6 heteroatoms. The molecule has 0 aliphatic carbocycles. The molecule has 1 unspecified atom stereocenters. The molecule has 2 rings (SSSR count). The molecule has 0 saturated heterocycles. The van der Waals surface area contributed by atoms with Crippen molar-refractivity contribution in [2.45, 2.75) is 26.4 Å². The van der Waals surface area contributed by atoms with Crippen LogP contribution in [-0.2, 0) is 6.54 Å². The highest BCUT2D eigenvalue weighted by Gasteiger charge is 2.11. The molecule has 0 radical (unpaired) electrons. The van der Waals surface area contributed by atoms with Crippen LogP contribution in [-0.4, -0.2) is 14.7 Å². The zero-order valence-corrected chi connectivity index (χ0v) is 10.9. The first-order chi connectivity index (χ1) is 9.10. The van der Waals surface area contributed by atoms with Crippen molar-refractivity contribution in [3.8, 4) is 0 Å². The van der Waals surface area contributed by atoms with E-state index in [1.807, 2.05) is 30.8 Å². The smallest absolute Gasteiger partial charge is 0.269 e. The first-order valence-electron chi connectivity index (χ1n) is 6.13. The summed E-state index contributed by atoms with van der Waals surface area (Å²) in [6, 6.07) is 6.62. The number of rotatable bonds is 5. The molecule has 2 aromatic rings. The Labute approximate surface area is 111 Å². The van der Waals surface area contributed by atoms with E-state index in [1.54, 1.807) is 18.3 Å². The molecule has 0 bridgehead atoms. The van der Waals surface area contributed by atoms with E-state index in [1.165, 1.54) is 6.07 Å². The van der Waals surface area contributed by atoms with Crippen molar-refractivity contribution >= 4 is 11.4 Å². The zero-order chi connectivity index (χ0) is 13.8. The molecular formula is C13H16N4O2. The van der Waals surface area contributed by atoms with Crippen LogP contribution in [0.3, 0.4) is 0 Å². The van der Waals surface area contributed by atoms with E-state index in [0.717, 1.165) is 17.8 Å². The van der Waals surface area contributed by atoms with Crippen molar-refractivity contribution in [3.05, 3.63) is 52.3 Å². The summed E-state index contributed by atoms with van der Waals surface area (Å²) >= 11 is 0. The number of aromatic nitrogens is 2. The minimum absolute atomic E-state index is 0.0191. The quantitative estimate of drug-likeness (QED) is 0.662. The van der Waals surface area contributed by atoms with Gasteiger partial charge < -0.3 is 5.32 Å². The summed E-state index contributed by atoms with van der Waals surface area (Å²) in [4.78, 5) is 10.4. The summed E-state index contributed by atoms with van der Waals surface area (Å²) in [6.45, 7) is 4.79. The lowest BCUT2D eigenvalue weighted by atomic mass is 10.1. The molecule has 0 fully saturated rings. The molecule has 0 saturated carbocycles. The summed E-state index contributed by atoms with van der Waals surface area (Å²) < 4.78 is 1.82. The van der Waals surface area contributed by atoms with Crippen LogP contribution in [0.4, 0.5) is 11.4 Å². The SMILES string of the molecule is CCn1cc(NC(C)c2cccc([N+](=O)[O-])c2)cn1. The second-order valence-corrected chi connectivity index (χ2v) is 4.30. The van der Waals surface area contributed by atoms with Crippen LogP contribution < -0.4 is 5.32 Å². The number of benzene rings is 1. The fraction of sp³-hybridized carbons (Fsp3) is 0.308. The van der Waals surface area contributed by atoms with E-state index < -0.39 is 0 Å². The van der Waals surface area contributed by atoms with Gasteiger partial charge in [0.2, 0.25) is 0 Å². The van der Waals surface area contributed by atoms with Crippen LogP contribution in [0.25, 0.3) is 0 Å². The van der Waals surface area contributed by atoms with Gasteiger partial charge in [0.25, 0.3) is 5.69 Å². The van der Waals surface area contributed by atoms with E-state index in [9.17, 15) is 10.1 Å². The number of nitrogens with zero attached hydrogens (tertiary/aromatic N) is 3. The maximum absolute atomic E-state index is 10.7. The molecule has 0 amide bonds. The molecule has 19 heavy (non-hydrogen) atoms. The average Bonchev–Trinajstić information content (AvgIpc) is 2.86. The van der Waals surface area contributed by atoms with Gasteiger partial charge in [-0.15, -0.1) is 0 Å². The van der Waals surface area contributed by atoms with E-state index >= 15 is 0 Å². The summed E-state index contributed by atoms with van der Waals surface area (Å²) in [5.41, 5.74) is 1.88. The lowest BCUT2D eigenvalue weighted by molar-refractivity contribution is -0.384. The van der Waals surface area contributed by atoms with Gasteiger partial charge in [-0.25, -0.2) is 0 Å². The third-order valence-electron chi connectivity index (χ3n) is 2.92. The average molecular weight is 260 g/mol. The largest absolute Gasteiger partial charge is 0.376 e. The van der Waals surface area contributed by atoms with E-state index in [4.69, 9.17) is 0 Å². The number of hydrogen-bond acceptors (Lipinski definition) is 4. The number of anilines is 1. The van der Waals surface area contributed by atoms with Gasteiger partial charge in [0.15, 0.2) is 0 Å². The standard InChI is InChI=1S/C13H16N4O2/c1-3-16-9-12(8-14-16)15-10(2)11-5-4-6-13(7-11)17(18)19/h4-10,15H,3H2,1-2H3. The highest BCUT2D eigenvalue weighted by molar-refractivity contribution is 5.43. The summed E-state index contributed by atoms with van der Waals surface area (Å²) in [6.07, 6.45) is 3.66. The maximum atomic E-state index is 10.7. The van der Waals surface area contributed by atoms with Crippen molar-refractivity contribution in [1.82, 2.24) is 9.78 Å². The van der Waals surface area contributed by atoms with Crippen molar-refractivity contribution in [2.75, 3.05) is 5.32 Å². The Bertz CT molecular complexity index is 580. The summed E-state index contributed by atoms with van der Waals surface area (Å²) in [5.74, 6) is 0. The van der Waals surface area contributed by atoms with Crippen LogP contribution in [0.2, 0.25) is 0 Å². The normalized spacial score (nSPS) is 12.1. The number of nitrogens with one attached hydrogen (secondary N) is 1. The molecule has 1 heterocycles. The Kier molecular flexibility index (Phi) is 3.79. The van der Waals surface area contributed by atoms with Gasteiger partial charge in [0.1, 0.15) is 0 Å². The molecule has 0 spiro atoms. The van der Waals surface area contributed by atoms with Crippen LogP contribution >= 0.6 is 0 Å². The minimum atomic E-state index is -0.384. The van der Waals surface area contributed by atoms with Crippen LogP contribution in [0, 0.1) is 10.1 Å². The number of aryl methyl sites for hydroxylation is 1. The second kappa shape index (κ2) is 5.51. The molecule has 1 atom stereocenters. The topological polar surface area (TPSA) is 73.0 Å². The van der Waals surface area contributed by atoms with E-state index in [-0.39, 0.29) is 16.7 Å². The summed E-state index contributed by atoms with van der Waals surface area (Å²) in [7, 11) is 0. The van der Waals surface area contributed by atoms with Crippen molar-refractivity contribution < 1.29 is 4.92 Å². The molecule has 0 aliphatic heterocycles. The Morgan fingerprint density at radius 1 is 1.53 bits per heavy atom. The van der Waals surface area contributed by atoms with Crippen LogP contribution in [0.1, 0.15) is 25.5 Å². The predicted octanol–water partition coefficient (Wildman–Crippen LogP) is 2.98. The monoisotopic (exact) mass is 260 g/mol. The Balaban J connectivity index is 2.12. The highest BCUT2D eigenvalue weighted by atomic mass is 16.6. The minimum Gasteiger partial charge on any atom is -0.376 e. The van der Waals surface area contributed by atoms with Crippen molar-refractivity contribution in [3.63, 3.8) is 0 Å². The van der Waals surface area contributed by atoms with Crippen LogP contribution in [0.5, 0.6) is 0 Å². The Hall–Kier alpha value is -2.37. The number of hydrogen-bond donors (Lipinski definition) is 1. The first-order valence-corrected chi connectivity index (χ1v) is 6.13. The van der Waals surface area contributed by atoms with Gasteiger partial charge in [-0.2, -0.15) is 5.10 Å². The number of nitro benzene ring substituents is 1. The highest BCUT2D eigenvalue weighted by Crippen LogP contribution is 2.22. The van der Waals surface area contributed by atoms with Gasteiger partial charge in [-0.05, 0) is 19.4 Å².